The van der Waals surface area contributed by atoms with Crippen LogP contribution < -0.4 is 10.1 Å². The molecule has 2 fully saturated rings. The zero-order valence-corrected chi connectivity index (χ0v) is 24.6. The van der Waals surface area contributed by atoms with Gasteiger partial charge in [-0.1, -0.05) is 46.5 Å². The van der Waals surface area contributed by atoms with E-state index in [4.69, 9.17) is 4.74 Å². The summed E-state index contributed by atoms with van der Waals surface area (Å²) in [5, 5.41) is 13.3. The van der Waals surface area contributed by atoms with E-state index in [0.29, 0.717) is 61.1 Å². The van der Waals surface area contributed by atoms with Crippen molar-refractivity contribution in [2.24, 2.45) is 17.3 Å². The molecule has 2 N–H and O–H groups in total. The number of piperidine rings is 1. The first kappa shape index (κ1) is 31.4. The number of carbonyl (C=O) groups is 4. The lowest BCUT2D eigenvalue weighted by molar-refractivity contribution is -0.156. The zero-order chi connectivity index (χ0) is 29.4. The summed E-state index contributed by atoms with van der Waals surface area (Å²) in [7, 11) is 3.34. The van der Waals surface area contributed by atoms with Crippen molar-refractivity contribution in [3.63, 3.8) is 0 Å². The zero-order valence-electron chi connectivity index (χ0n) is 24.6. The van der Waals surface area contributed by atoms with Gasteiger partial charge in [0, 0.05) is 31.7 Å². The quantitative estimate of drug-likeness (QED) is 0.244. The number of likely N-dealkylation sites (tertiary alicyclic amines) is 1. The molecule has 222 valence electrons. The fourth-order valence-electron chi connectivity index (χ4n) is 5.85. The molecular weight excluding hydrogens is 512 g/mol. The van der Waals surface area contributed by atoms with Crippen LogP contribution in [0.1, 0.15) is 76.1 Å². The molecule has 10 heteroatoms. The number of nitrogens with zero attached hydrogens (tertiary/aromatic N) is 3. The lowest BCUT2D eigenvalue weighted by Crippen LogP contribution is -2.58. The van der Waals surface area contributed by atoms with Gasteiger partial charge in [0.15, 0.2) is 0 Å². The fourth-order valence-corrected chi connectivity index (χ4v) is 5.85. The van der Waals surface area contributed by atoms with E-state index < -0.39 is 17.4 Å². The van der Waals surface area contributed by atoms with Crippen molar-refractivity contribution in [1.29, 1.82) is 0 Å². The van der Waals surface area contributed by atoms with Crippen molar-refractivity contribution in [2.45, 2.75) is 77.8 Å². The van der Waals surface area contributed by atoms with Crippen LogP contribution in [-0.2, 0) is 14.4 Å². The summed E-state index contributed by atoms with van der Waals surface area (Å²) >= 11 is 0. The third-order valence-corrected chi connectivity index (χ3v) is 8.38. The molecule has 4 amide bonds. The Morgan fingerprint density at radius 1 is 1.10 bits per heavy atom. The monoisotopic (exact) mass is 558 g/mol. The summed E-state index contributed by atoms with van der Waals surface area (Å²) in [5.74, 6) is -0.0952. The first-order valence-electron chi connectivity index (χ1n) is 14.4. The lowest BCUT2D eigenvalue weighted by atomic mass is 9.84. The average Bonchev–Trinajstić information content (AvgIpc) is 3.47. The molecular formula is C30H46N4O6. The molecule has 1 aliphatic heterocycles. The molecule has 1 heterocycles. The van der Waals surface area contributed by atoms with Crippen LogP contribution in [0, 0.1) is 17.3 Å². The molecule has 2 aliphatic rings. The van der Waals surface area contributed by atoms with Crippen LogP contribution in [0.2, 0.25) is 0 Å². The molecule has 0 spiro atoms. The Kier molecular flexibility index (Phi) is 11.0. The van der Waals surface area contributed by atoms with E-state index in [1.165, 1.54) is 0 Å². The van der Waals surface area contributed by atoms with E-state index in [1.54, 1.807) is 48.2 Å². The van der Waals surface area contributed by atoms with Crippen molar-refractivity contribution in [2.75, 3.05) is 33.8 Å². The molecule has 1 saturated heterocycles. The van der Waals surface area contributed by atoms with Crippen molar-refractivity contribution < 1.29 is 29.1 Å². The third-order valence-electron chi connectivity index (χ3n) is 8.38. The Morgan fingerprint density at radius 2 is 1.70 bits per heavy atom. The van der Waals surface area contributed by atoms with Crippen LogP contribution in [0.4, 0.5) is 0 Å². The molecule has 0 bridgehead atoms. The van der Waals surface area contributed by atoms with E-state index >= 15 is 0 Å². The highest BCUT2D eigenvalue weighted by atomic mass is 16.5. The molecule has 0 radical (unpaired) electrons. The average molecular weight is 559 g/mol. The van der Waals surface area contributed by atoms with Gasteiger partial charge in [0.1, 0.15) is 11.8 Å². The topological polar surface area (TPSA) is 119 Å². The Labute approximate surface area is 238 Å². The molecule has 40 heavy (non-hydrogen) atoms. The van der Waals surface area contributed by atoms with Gasteiger partial charge in [-0.05, 0) is 54.9 Å². The predicted molar refractivity (Wildman–Crippen MR) is 151 cm³/mol. The van der Waals surface area contributed by atoms with Crippen molar-refractivity contribution >= 4 is 24.1 Å². The normalized spacial score (nSPS) is 18.1. The van der Waals surface area contributed by atoms with E-state index in [-0.39, 0.29) is 30.3 Å². The smallest absolute Gasteiger partial charge is 0.253 e. The van der Waals surface area contributed by atoms with E-state index in [1.807, 2.05) is 20.8 Å². The summed E-state index contributed by atoms with van der Waals surface area (Å²) in [5.41, 5.74) is 0.0374. The van der Waals surface area contributed by atoms with Gasteiger partial charge in [0.2, 0.25) is 18.2 Å². The van der Waals surface area contributed by atoms with Crippen LogP contribution in [0.15, 0.2) is 24.3 Å². The van der Waals surface area contributed by atoms with Gasteiger partial charge in [0.25, 0.3) is 5.91 Å². The summed E-state index contributed by atoms with van der Waals surface area (Å²) in [4.78, 5) is 54.8. The van der Waals surface area contributed by atoms with Gasteiger partial charge in [-0.2, -0.15) is 0 Å². The van der Waals surface area contributed by atoms with Crippen LogP contribution in [0.5, 0.6) is 5.75 Å². The van der Waals surface area contributed by atoms with Crippen LogP contribution >= 0.6 is 0 Å². The SMILES string of the molecule is COc1ccc(C(=O)N2CCC(N(C)C(=O)[C@@H](NC(=O)[C@H](CC3CCCC3)CN(O)C=O)C(C)(C)C)CC2)cc1. The largest absolute Gasteiger partial charge is 0.497 e. The first-order valence-corrected chi connectivity index (χ1v) is 14.4. The second-order valence-electron chi connectivity index (χ2n) is 12.3. The number of likely N-dealkylation sites (N-methyl/N-ethyl adjacent to an activating group) is 1. The number of hydroxylamine groups is 2. The third kappa shape index (κ3) is 8.19. The summed E-state index contributed by atoms with van der Waals surface area (Å²) in [6.45, 7) is 6.69. The number of amides is 4. The van der Waals surface area contributed by atoms with E-state index in [2.05, 4.69) is 5.32 Å². The second kappa shape index (κ2) is 14.0. The van der Waals surface area contributed by atoms with E-state index in [0.717, 1.165) is 25.7 Å². The van der Waals surface area contributed by atoms with Gasteiger partial charge in [-0.3, -0.25) is 24.4 Å². The molecule has 0 unspecified atom stereocenters. The van der Waals surface area contributed by atoms with Gasteiger partial charge in [-0.25, -0.2) is 5.06 Å². The predicted octanol–water partition coefficient (Wildman–Crippen LogP) is 3.33. The number of methoxy groups -OCH3 is 1. The molecule has 1 aromatic rings. The molecule has 0 aromatic heterocycles. The summed E-state index contributed by atoms with van der Waals surface area (Å²) < 4.78 is 5.17. The van der Waals surface area contributed by atoms with Crippen molar-refractivity contribution in [3.05, 3.63) is 29.8 Å². The number of rotatable bonds is 11. The lowest BCUT2D eigenvalue weighted by Gasteiger charge is -2.40. The number of nitrogens with one attached hydrogen (secondary N) is 1. The first-order chi connectivity index (χ1) is 18.9. The minimum atomic E-state index is -0.779. The van der Waals surface area contributed by atoms with Crippen LogP contribution in [0.3, 0.4) is 0 Å². The molecule has 1 aromatic carbocycles. The van der Waals surface area contributed by atoms with Gasteiger partial charge in [0.05, 0.1) is 19.6 Å². The fraction of sp³-hybridized carbons (Fsp3) is 0.667. The maximum Gasteiger partial charge on any atom is 0.253 e. The number of ether oxygens (including phenoxy) is 1. The maximum absolute atomic E-state index is 13.8. The molecule has 1 saturated carbocycles. The number of hydrogen-bond acceptors (Lipinski definition) is 6. The van der Waals surface area contributed by atoms with E-state index in [9.17, 15) is 24.4 Å². The Balaban J connectivity index is 1.63. The highest BCUT2D eigenvalue weighted by Crippen LogP contribution is 2.31. The van der Waals surface area contributed by atoms with Crippen molar-refractivity contribution in [1.82, 2.24) is 20.2 Å². The van der Waals surface area contributed by atoms with Gasteiger partial charge < -0.3 is 19.9 Å². The van der Waals surface area contributed by atoms with Gasteiger partial charge >= 0.3 is 0 Å². The number of carbonyl (C=O) groups excluding carboxylic acids is 4. The number of benzene rings is 1. The Morgan fingerprint density at radius 3 is 2.23 bits per heavy atom. The summed E-state index contributed by atoms with van der Waals surface area (Å²) in [6.07, 6.45) is 6.44. The minimum absolute atomic E-state index is 0.0449. The highest BCUT2D eigenvalue weighted by Gasteiger charge is 2.39. The molecule has 2 atom stereocenters. The highest BCUT2D eigenvalue weighted by molar-refractivity contribution is 5.94. The van der Waals surface area contributed by atoms with Crippen LogP contribution in [0.25, 0.3) is 0 Å². The van der Waals surface area contributed by atoms with Gasteiger partial charge in [-0.15, -0.1) is 0 Å². The van der Waals surface area contributed by atoms with Crippen molar-refractivity contribution in [3.8, 4) is 5.75 Å². The molecule has 10 nitrogen and oxygen atoms in total. The minimum Gasteiger partial charge on any atom is -0.497 e. The van der Waals surface area contributed by atoms with Crippen LogP contribution in [-0.4, -0.2) is 90.1 Å². The Bertz CT molecular complexity index is 1010. The Hall–Kier alpha value is -3.14. The molecule has 1 aliphatic carbocycles. The standard InChI is InChI=1S/C30H46N4O6/c1-30(2,3)26(31-27(36)23(19-34(39)20-35)18-21-8-6-7-9-21)29(38)32(4)24-14-16-33(17-15-24)28(37)22-10-12-25(40-5)13-11-22/h10-13,20-21,23-24,26,39H,6-9,14-19H2,1-5H3,(H,31,36)/t23-,26-/m1/s1. The second-order valence-corrected chi connectivity index (χ2v) is 12.3. The maximum atomic E-state index is 13.8. The summed E-state index contributed by atoms with van der Waals surface area (Å²) in [6, 6.07) is 6.20. The number of hydrogen-bond donors (Lipinski definition) is 2. The molecule has 3 rings (SSSR count).